The molecule has 2 rings (SSSR count). The van der Waals surface area contributed by atoms with Gasteiger partial charge in [0, 0.05) is 12.3 Å². The summed E-state index contributed by atoms with van der Waals surface area (Å²) in [5.41, 5.74) is 0. The van der Waals surface area contributed by atoms with Gasteiger partial charge in [-0.15, -0.1) is 0 Å². The van der Waals surface area contributed by atoms with Crippen LogP contribution in [0, 0.1) is 17.8 Å². The van der Waals surface area contributed by atoms with Gasteiger partial charge in [-0.05, 0) is 43.9 Å². The molecule has 0 aromatic carbocycles. The van der Waals surface area contributed by atoms with Crippen LogP contribution in [0.25, 0.3) is 0 Å². The van der Waals surface area contributed by atoms with Crippen LogP contribution in [-0.2, 0) is 4.79 Å². The van der Waals surface area contributed by atoms with E-state index in [1.165, 1.54) is 25.7 Å². The van der Waals surface area contributed by atoms with Gasteiger partial charge in [-0.3, -0.25) is 4.79 Å². The molecular formula is C14H22O. The minimum atomic E-state index is 0.361. The molecule has 0 bridgehead atoms. The number of hydrogen-bond donors (Lipinski definition) is 0. The summed E-state index contributed by atoms with van der Waals surface area (Å²) in [6, 6.07) is 0. The highest BCUT2D eigenvalue weighted by Gasteiger charge is 2.32. The summed E-state index contributed by atoms with van der Waals surface area (Å²) >= 11 is 0. The molecule has 3 unspecified atom stereocenters. The fourth-order valence-corrected chi connectivity index (χ4v) is 3.10. The molecule has 0 radical (unpaired) electrons. The van der Waals surface area contributed by atoms with Crippen LogP contribution < -0.4 is 0 Å². The third kappa shape index (κ3) is 2.50. The first kappa shape index (κ1) is 10.9. The quantitative estimate of drug-likeness (QED) is 0.629. The number of ketones is 1. The monoisotopic (exact) mass is 206 g/mol. The number of carbonyl (C=O) groups excluding carboxylic acids is 1. The molecule has 0 aromatic rings. The zero-order valence-corrected chi connectivity index (χ0v) is 9.74. The summed E-state index contributed by atoms with van der Waals surface area (Å²) in [4.78, 5) is 11.9. The molecule has 0 saturated heterocycles. The maximum atomic E-state index is 11.9. The van der Waals surface area contributed by atoms with E-state index in [1.807, 2.05) is 0 Å². The Morgan fingerprint density at radius 1 is 1.40 bits per heavy atom. The minimum Gasteiger partial charge on any atom is -0.299 e. The first-order valence-corrected chi connectivity index (χ1v) is 6.50. The third-order valence-electron chi connectivity index (χ3n) is 4.19. The molecule has 15 heavy (non-hydrogen) atoms. The molecule has 2 aliphatic rings. The van der Waals surface area contributed by atoms with E-state index in [0.29, 0.717) is 17.6 Å². The number of rotatable bonds is 2. The summed E-state index contributed by atoms with van der Waals surface area (Å²) in [5, 5.41) is 0. The lowest BCUT2D eigenvalue weighted by molar-refractivity contribution is -0.127. The number of carbonyl (C=O) groups is 1. The maximum absolute atomic E-state index is 11.9. The lowest BCUT2D eigenvalue weighted by atomic mass is 9.71. The highest BCUT2D eigenvalue weighted by atomic mass is 16.1. The Hall–Kier alpha value is -0.590. The van der Waals surface area contributed by atoms with Crippen molar-refractivity contribution in [1.29, 1.82) is 0 Å². The first-order valence-electron chi connectivity index (χ1n) is 6.50. The zero-order chi connectivity index (χ0) is 10.7. The highest BCUT2D eigenvalue weighted by molar-refractivity contribution is 5.82. The Morgan fingerprint density at radius 3 is 2.93 bits per heavy atom. The summed E-state index contributed by atoms with van der Waals surface area (Å²) in [5.74, 6) is 2.28. The molecular weight excluding hydrogens is 184 g/mol. The molecule has 0 aliphatic heterocycles. The molecule has 3 atom stereocenters. The van der Waals surface area contributed by atoms with E-state index < -0.39 is 0 Å². The standard InChI is InChI=1S/C14H22O/c1-2-11-8-9-14(15)13(10-11)12-6-4-3-5-7-12/h4,6,11-13H,2-3,5,7-10H2,1H3. The van der Waals surface area contributed by atoms with Crippen LogP contribution in [0.5, 0.6) is 0 Å². The van der Waals surface area contributed by atoms with Crippen molar-refractivity contribution in [3.05, 3.63) is 12.2 Å². The summed E-state index contributed by atoms with van der Waals surface area (Å²) in [6.07, 6.45) is 12.7. The van der Waals surface area contributed by atoms with Crippen molar-refractivity contribution in [3.8, 4) is 0 Å². The average Bonchev–Trinajstić information content (AvgIpc) is 2.31. The molecule has 84 valence electrons. The predicted octanol–water partition coefficient (Wildman–Crippen LogP) is 3.74. The molecule has 1 nitrogen and oxygen atoms in total. The van der Waals surface area contributed by atoms with Gasteiger partial charge in [0.15, 0.2) is 0 Å². The van der Waals surface area contributed by atoms with Gasteiger partial charge in [0.25, 0.3) is 0 Å². The van der Waals surface area contributed by atoms with Crippen LogP contribution in [0.2, 0.25) is 0 Å². The van der Waals surface area contributed by atoms with E-state index in [-0.39, 0.29) is 0 Å². The van der Waals surface area contributed by atoms with Gasteiger partial charge in [-0.25, -0.2) is 0 Å². The fourth-order valence-electron chi connectivity index (χ4n) is 3.10. The van der Waals surface area contributed by atoms with Gasteiger partial charge in [-0.2, -0.15) is 0 Å². The van der Waals surface area contributed by atoms with Gasteiger partial charge in [0.05, 0.1) is 0 Å². The Labute approximate surface area is 92.9 Å². The van der Waals surface area contributed by atoms with Crippen molar-refractivity contribution in [2.45, 2.75) is 51.9 Å². The molecule has 1 fully saturated rings. The van der Waals surface area contributed by atoms with Crippen molar-refractivity contribution in [3.63, 3.8) is 0 Å². The second kappa shape index (κ2) is 4.96. The van der Waals surface area contributed by atoms with E-state index in [9.17, 15) is 4.79 Å². The molecule has 0 spiro atoms. The van der Waals surface area contributed by atoms with Gasteiger partial charge >= 0.3 is 0 Å². The molecule has 0 amide bonds. The van der Waals surface area contributed by atoms with Gasteiger partial charge < -0.3 is 0 Å². The van der Waals surface area contributed by atoms with Crippen LogP contribution in [0.4, 0.5) is 0 Å². The summed E-state index contributed by atoms with van der Waals surface area (Å²) < 4.78 is 0. The smallest absolute Gasteiger partial charge is 0.136 e. The van der Waals surface area contributed by atoms with Crippen LogP contribution >= 0.6 is 0 Å². The number of Topliss-reactive ketones (excluding diaryl/α,β-unsaturated/α-hetero) is 1. The summed E-state index contributed by atoms with van der Waals surface area (Å²) in [7, 11) is 0. The molecule has 0 aromatic heterocycles. The SMILES string of the molecule is CCC1CCC(=O)C(C2C=CCCC2)C1. The third-order valence-corrected chi connectivity index (χ3v) is 4.19. The molecule has 0 N–H and O–H groups in total. The molecule has 0 heterocycles. The highest BCUT2D eigenvalue weighted by Crippen LogP contribution is 2.36. The predicted molar refractivity (Wildman–Crippen MR) is 62.6 cm³/mol. The average molecular weight is 206 g/mol. The Bertz CT molecular complexity index is 254. The zero-order valence-electron chi connectivity index (χ0n) is 9.74. The Morgan fingerprint density at radius 2 is 2.27 bits per heavy atom. The van der Waals surface area contributed by atoms with Crippen molar-refractivity contribution in [2.75, 3.05) is 0 Å². The van der Waals surface area contributed by atoms with E-state index in [4.69, 9.17) is 0 Å². The topological polar surface area (TPSA) is 17.1 Å². The van der Waals surface area contributed by atoms with Crippen LogP contribution in [-0.4, -0.2) is 5.78 Å². The van der Waals surface area contributed by atoms with Gasteiger partial charge in [0.2, 0.25) is 0 Å². The Kier molecular flexibility index (Phi) is 3.61. The second-order valence-electron chi connectivity index (χ2n) is 5.14. The van der Waals surface area contributed by atoms with Crippen molar-refractivity contribution < 1.29 is 4.79 Å². The Balaban J connectivity index is 2.01. The van der Waals surface area contributed by atoms with Crippen LogP contribution in [0.3, 0.4) is 0 Å². The van der Waals surface area contributed by atoms with Crippen LogP contribution in [0.15, 0.2) is 12.2 Å². The van der Waals surface area contributed by atoms with Gasteiger partial charge in [0.1, 0.15) is 5.78 Å². The van der Waals surface area contributed by atoms with E-state index in [1.54, 1.807) is 0 Å². The van der Waals surface area contributed by atoms with E-state index in [2.05, 4.69) is 19.1 Å². The lowest BCUT2D eigenvalue weighted by Gasteiger charge is -2.33. The number of allylic oxidation sites excluding steroid dienone is 2. The number of hydrogen-bond acceptors (Lipinski definition) is 1. The lowest BCUT2D eigenvalue weighted by Crippen LogP contribution is -2.30. The first-order chi connectivity index (χ1) is 7.31. The normalized spacial score (nSPS) is 36.9. The largest absolute Gasteiger partial charge is 0.299 e. The molecule has 1 saturated carbocycles. The van der Waals surface area contributed by atoms with Crippen molar-refractivity contribution in [2.24, 2.45) is 17.8 Å². The van der Waals surface area contributed by atoms with E-state index in [0.717, 1.165) is 25.2 Å². The molecule has 2 aliphatic carbocycles. The minimum absolute atomic E-state index is 0.361. The molecule has 1 heteroatoms. The van der Waals surface area contributed by atoms with E-state index >= 15 is 0 Å². The van der Waals surface area contributed by atoms with Gasteiger partial charge in [-0.1, -0.05) is 25.5 Å². The maximum Gasteiger partial charge on any atom is 0.136 e. The van der Waals surface area contributed by atoms with Crippen molar-refractivity contribution in [1.82, 2.24) is 0 Å². The van der Waals surface area contributed by atoms with Crippen LogP contribution in [0.1, 0.15) is 51.9 Å². The summed E-state index contributed by atoms with van der Waals surface area (Å²) in [6.45, 7) is 2.26. The second-order valence-corrected chi connectivity index (χ2v) is 5.14. The fraction of sp³-hybridized carbons (Fsp3) is 0.786. The van der Waals surface area contributed by atoms with Crippen molar-refractivity contribution >= 4 is 5.78 Å².